The average molecular weight is 302 g/mol. The second kappa shape index (κ2) is 6.27. The molecule has 0 aliphatic rings. The molecule has 7 heteroatoms. The van der Waals surface area contributed by atoms with Crippen molar-refractivity contribution in [2.24, 2.45) is 0 Å². The molecule has 1 N–H and O–H groups in total. The standard InChI is InChI=1S/C9H11BrF3NO2/c10-8-2-1-7(16-8)5-14-3-4-15-6-9(11,12)13/h1-2,14H,3-6H2. The summed E-state index contributed by atoms with van der Waals surface area (Å²) >= 11 is 3.14. The first-order chi connectivity index (χ1) is 7.47. The van der Waals surface area contributed by atoms with Crippen LogP contribution in [-0.2, 0) is 11.3 Å². The lowest BCUT2D eigenvalue weighted by Crippen LogP contribution is -2.23. The average Bonchev–Trinajstić information content (AvgIpc) is 2.56. The van der Waals surface area contributed by atoms with Crippen molar-refractivity contribution >= 4 is 15.9 Å². The van der Waals surface area contributed by atoms with E-state index in [9.17, 15) is 13.2 Å². The molecule has 0 bridgehead atoms. The van der Waals surface area contributed by atoms with Crippen LogP contribution in [0.15, 0.2) is 21.2 Å². The highest BCUT2D eigenvalue weighted by Crippen LogP contribution is 2.14. The summed E-state index contributed by atoms with van der Waals surface area (Å²) in [5.74, 6) is 0.711. The van der Waals surface area contributed by atoms with Crippen LogP contribution in [0.3, 0.4) is 0 Å². The van der Waals surface area contributed by atoms with Gasteiger partial charge in [-0.25, -0.2) is 0 Å². The Hall–Kier alpha value is -0.530. The second-order valence-corrected chi connectivity index (χ2v) is 3.83. The molecule has 0 spiro atoms. The highest BCUT2D eigenvalue weighted by atomic mass is 79.9. The van der Waals surface area contributed by atoms with Crippen LogP contribution in [0.4, 0.5) is 13.2 Å². The number of halogens is 4. The normalized spacial score (nSPS) is 12.0. The number of hydrogen-bond donors (Lipinski definition) is 1. The fourth-order valence-electron chi connectivity index (χ4n) is 0.991. The minimum atomic E-state index is -4.26. The summed E-state index contributed by atoms with van der Waals surface area (Å²) in [6.07, 6.45) is -4.26. The fourth-order valence-corrected chi connectivity index (χ4v) is 1.33. The first-order valence-electron chi connectivity index (χ1n) is 4.57. The molecule has 0 saturated heterocycles. The van der Waals surface area contributed by atoms with Gasteiger partial charge in [-0.3, -0.25) is 0 Å². The second-order valence-electron chi connectivity index (χ2n) is 3.05. The molecule has 0 atom stereocenters. The maximum atomic E-state index is 11.7. The van der Waals surface area contributed by atoms with Crippen LogP contribution < -0.4 is 5.32 Å². The van der Waals surface area contributed by atoms with E-state index in [4.69, 9.17) is 4.42 Å². The largest absolute Gasteiger partial charge is 0.453 e. The molecule has 1 rings (SSSR count). The van der Waals surface area contributed by atoms with E-state index in [-0.39, 0.29) is 6.61 Å². The van der Waals surface area contributed by atoms with Crippen LogP contribution in [0.25, 0.3) is 0 Å². The van der Waals surface area contributed by atoms with Gasteiger partial charge in [-0.1, -0.05) is 0 Å². The molecule has 0 unspecified atom stereocenters. The van der Waals surface area contributed by atoms with Gasteiger partial charge in [-0.15, -0.1) is 0 Å². The van der Waals surface area contributed by atoms with Crippen molar-refractivity contribution < 1.29 is 22.3 Å². The fraction of sp³-hybridized carbons (Fsp3) is 0.556. The van der Waals surface area contributed by atoms with Gasteiger partial charge in [0.2, 0.25) is 0 Å². The number of alkyl halides is 3. The van der Waals surface area contributed by atoms with Gasteiger partial charge in [-0.2, -0.15) is 13.2 Å². The summed E-state index contributed by atoms with van der Waals surface area (Å²) in [5.41, 5.74) is 0. The number of ether oxygens (including phenoxy) is 1. The molecular formula is C9H11BrF3NO2. The molecule has 3 nitrogen and oxygen atoms in total. The van der Waals surface area contributed by atoms with Gasteiger partial charge in [0.05, 0.1) is 13.2 Å². The lowest BCUT2D eigenvalue weighted by molar-refractivity contribution is -0.173. The van der Waals surface area contributed by atoms with Crippen molar-refractivity contribution in [3.63, 3.8) is 0 Å². The Morgan fingerprint density at radius 1 is 1.38 bits per heavy atom. The van der Waals surface area contributed by atoms with Crippen molar-refractivity contribution in [2.75, 3.05) is 19.8 Å². The third-order valence-corrected chi connectivity index (χ3v) is 2.04. The maximum Gasteiger partial charge on any atom is 0.411 e. The van der Waals surface area contributed by atoms with Crippen LogP contribution in [0.2, 0.25) is 0 Å². The SMILES string of the molecule is FC(F)(F)COCCNCc1ccc(Br)o1. The predicted octanol–water partition coefficient (Wildman–Crippen LogP) is 2.71. The van der Waals surface area contributed by atoms with Gasteiger partial charge in [0, 0.05) is 6.54 Å². The van der Waals surface area contributed by atoms with Crippen LogP contribution >= 0.6 is 15.9 Å². The van der Waals surface area contributed by atoms with Crippen molar-refractivity contribution in [3.05, 3.63) is 22.6 Å². The summed E-state index contributed by atoms with van der Waals surface area (Å²) in [6.45, 7) is -0.391. The van der Waals surface area contributed by atoms with Crippen molar-refractivity contribution in [2.45, 2.75) is 12.7 Å². The Labute approximate surface area is 99.1 Å². The smallest absolute Gasteiger partial charge is 0.411 e. The van der Waals surface area contributed by atoms with Crippen molar-refractivity contribution in [1.29, 1.82) is 0 Å². The quantitative estimate of drug-likeness (QED) is 0.821. The van der Waals surface area contributed by atoms with Gasteiger partial charge >= 0.3 is 6.18 Å². The van der Waals surface area contributed by atoms with E-state index in [1.165, 1.54) is 0 Å². The van der Waals surface area contributed by atoms with Gasteiger partial charge in [-0.05, 0) is 28.1 Å². The topological polar surface area (TPSA) is 34.4 Å². The van der Waals surface area contributed by atoms with Gasteiger partial charge in [0.15, 0.2) is 4.67 Å². The Morgan fingerprint density at radius 2 is 2.12 bits per heavy atom. The van der Waals surface area contributed by atoms with E-state index in [0.717, 1.165) is 0 Å². The Bertz CT molecular complexity index is 314. The minimum absolute atomic E-state index is 0.0153. The molecule has 1 aromatic rings. The van der Waals surface area contributed by atoms with Crippen LogP contribution in [0.1, 0.15) is 5.76 Å². The summed E-state index contributed by atoms with van der Waals surface area (Å²) < 4.78 is 45.2. The molecule has 0 aliphatic carbocycles. The molecule has 0 fully saturated rings. The third-order valence-electron chi connectivity index (χ3n) is 1.62. The molecule has 0 aliphatic heterocycles. The molecule has 0 saturated carbocycles. The summed E-state index contributed by atoms with van der Waals surface area (Å²) in [7, 11) is 0. The molecule has 1 aromatic heterocycles. The Kier molecular flexibility index (Phi) is 5.30. The van der Waals surface area contributed by atoms with E-state index >= 15 is 0 Å². The van der Waals surface area contributed by atoms with Crippen LogP contribution in [0, 0.1) is 0 Å². The zero-order valence-corrected chi connectivity index (χ0v) is 9.90. The monoisotopic (exact) mass is 301 g/mol. The minimum Gasteiger partial charge on any atom is -0.453 e. The number of nitrogens with one attached hydrogen (secondary N) is 1. The van der Waals surface area contributed by atoms with E-state index in [0.29, 0.717) is 23.5 Å². The number of furan rings is 1. The highest BCUT2D eigenvalue weighted by molar-refractivity contribution is 9.10. The zero-order chi connectivity index (χ0) is 12.0. The lowest BCUT2D eigenvalue weighted by Gasteiger charge is -2.07. The van der Waals surface area contributed by atoms with E-state index in [1.807, 2.05) is 0 Å². The predicted molar refractivity (Wildman–Crippen MR) is 55.0 cm³/mol. The summed E-state index contributed by atoms with van der Waals surface area (Å²) in [6, 6.07) is 3.52. The first kappa shape index (κ1) is 13.5. The molecule has 0 radical (unpaired) electrons. The molecule has 1 heterocycles. The Morgan fingerprint density at radius 3 is 2.69 bits per heavy atom. The molecule has 92 valence electrons. The summed E-state index contributed by atoms with van der Waals surface area (Å²) in [5, 5.41) is 2.89. The number of hydrogen-bond acceptors (Lipinski definition) is 3. The van der Waals surface area contributed by atoms with E-state index in [2.05, 4.69) is 26.0 Å². The summed E-state index contributed by atoms with van der Waals surface area (Å²) in [4.78, 5) is 0. The van der Waals surface area contributed by atoms with E-state index in [1.54, 1.807) is 12.1 Å². The highest BCUT2D eigenvalue weighted by Gasteiger charge is 2.27. The van der Waals surface area contributed by atoms with Crippen LogP contribution in [0.5, 0.6) is 0 Å². The van der Waals surface area contributed by atoms with Crippen molar-refractivity contribution in [1.82, 2.24) is 5.32 Å². The number of rotatable bonds is 6. The maximum absolute atomic E-state index is 11.7. The molecule has 0 amide bonds. The first-order valence-corrected chi connectivity index (χ1v) is 5.36. The van der Waals surface area contributed by atoms with Gasteiger partial charge in [0.25, 0.3) is 0 Å². The van der Waals surface area contributed by atoms with E-state index < -0.39 is 12.8 Å². The molecule has 16 heavy (non-hydrogen) atoms. The third kappa shape index (κ3) is 6.14. The van der Waals surface area contributed by atoms with Crippen LogP contribution in [-0.4, -0.2) is 25.9 Å². The molecular weight excluding hydrogens is 291 g/mol. The van der Waals surface area contributed by atoms with Crippen molar-refractivity contribution in [3.8, 4) is 0 Å². The van der Waals surface area contributed by atoms with Gasteiger partial charge < -0.3 is 14.5 Å². The lowest BCUT2D eigenvalue weighted by atomic mass is 10.4. The molecule has 0 aromatic carbocycles. The van der Waals surface area contributed by atoms with Gasteiger partial charge in [0.1, 0.15) is 12.4 Å². The zero-order valence-electron chi connectivity index (χ0n) is 8.31. The Balaban J connectivity index is 2.00.